The summed E-state index contributed by atoms with van der Waals surface area (Å²) < 4.78 is 10.1. The highest BCUT2D eigenvalue weighted by molar-refractivity contribution is 5.76. The molecule has 0 spiro atoms. The Balaban J connectivity index is 3.63. The summed E-state index contributed by atoms with van der Waals surface area (Å²) in [5.41, 5.74) is 5.29. The van der Waals surface area contributed by atoms with Gasteiger partial charge in [-0.3, -0.25) is 10.3 Å². The van der Waals surface area contributed by atoms with Gasteiger partial charge in [0.25, 0.3) is 0 Å². The first-order chi connectivity index (χ1) is 7.20. The molecule has 0 radical (unpaired) electrons. The van der Waals surface area contributed by atoms with Gasteiger partial charge < -0.3 is 15.2 Å². The van der Waals surface area contributed by atoms with Crippen LogP contribution in [0.4, 0.5) is 0 Å². The van der Waals surface area contributed by atoms with E-state index >= 15 is 0 Å². The molecule has 0 amide bonds. The minimum absolute atomic E-state index is 0.258. The SMILES string of the molecule is COCCN(CCCC(=N)N)CCOC. The van der Waals surface area contributed by atoms with E-state index in [0.717, 1.165) is 39.3 Å². The number of nitrogens with one attached hydrogen (secondary N) is 1. The summed E-state index contributed by atoms with van der Waals surface area (Å²) in [7, 11) is 3.40. The van der Waals surface area contributed by atoms with Crippen molar-refractivity contribution in [3.05, 3.63) is 0 Å². The Morgan fingerprint density at radius 2 is 1.67 bits per heavy atom. The maximum atomic E-state index is 7.12. The summed E-state index contributed by atoms with van der Waals surface area (Å²) >= 11 is 0. The van der Waals surface area contributed by atoms with Crippen molar-refractivity contribution in [2.24, 2.45) is 5.73 Å². The van der Waals surface area contributed by atoms with Crippen molar-refractivity contribution in [1.29, 1.82) is 5.41 Å². The summed E-state index contributed by atoms with van der Waals surface area (Å²) in [5, 5.41) is 7.12. The van der Waals surface area contributed by atoms with Crippen LogP contribution in [0.2, 0.25) is 0 Å². The average Bonchev–Trinajstić information content (AvgIpc) is 2.20. The monoisotopic (exact) mass is 217 g/mol. The Kier molecular flexibility index (Phi) is 9.46. The lowest BCUT2D eigenvalue weighted by molar-refractivity contribution is 0.114. The number of nitrogens with two attached hydrogens (primary N) is 1. The zero-order valence-corrected chi connectivity index (χ0v) is 9.79. The first-order valence-electron chi connectivity index (χ1n) is 5.23. The van der Waals surface area contributed by atoms with E-state index in [1.807, 2.05) is 0 Å². The normalized spacial score (nSPS) is 10.9. The second kappa shape index (κ2) is 9.89. The van der Waals surface area contributed by atoms with Gasteiger partial charge in [-0.2, -0.15) is 0 Å². The van der Waals surface area contributed by atoms with E-state index in [9.17, 15) is 0 Å². The summed E-state index contributed by atoms with van der Waals surface area (Å²) in [6.07, 6.45) is 1.58. The van der Waals surface area contributed by atoms with Crippen LogP contribution in [0.1, 0.15) is 12.8 Å². The Morgan fingerprint density at radius 1 is 1.13 bits per heavy atom. The van der Waals surface area contributed by atoms with E-state index in [4.69, 9.17) is 20.6 Å². The van der Waals surface area contributed by atoms with Gasteiger partial charge in [0, 0.05) is 33.7 Å². The predicted octanol–water partition coefficient (Wildman–Crippen LogP) is 0.297. The zero-order chi connectivity index (χ0) is 11.5. The smallest absolute Gasteiger partial charge is 0.0905 e. The quantitative estimate of drug-likeness (QED) is 0.408. The van der Waals surface area contributed by atoms with Crippen molar-refractivity contribution in [3.8, 4) is 0 Å². The lowest BCUT2D eigenvalue weighted by Gasteiger charge is -2.21. The molecule has 0 unspecified atom stereocenters. The Morgan fingerprint density at radius 3 is 2.07 bits per heavy atom. The molecule has 5 heteroatoms. The molecule has 0 aliphatic rings. The lowest BCUT2D eigenvalue weighted by atomic mass is 10.2. The fraction of sp³-hybridized carbons (Fsp3) is 0.900. The van der Waals surface area contributed by atoms with Crippen LogP contribution >= 0.6 is 0 Å². The van der Waals surface area contributed by atoms with Gasteiger partial charge in [0.1, 0.15) is 0 Å². The number of amidine groups is 1. The fourth-order valence-corrected chi connectivity index (χ4v) is 1.27. The van der Waals surface area contributed by atoms with Crippen LogP contribution in [0, 0.1) is 5.41 Å². The average molecular weight is 217 g/mol. The third-order valence-electron chi connectivity index (χ3n) is 2.14. The standard InChI is InChI=1S/C10H23N3O2/c1-14-8-6-13(7-9-15-2)5-3-4-10(11)12/h3-9H2,1-2H3,(H3,11,12). The fourth-order valence-electron chi connectivity index (χ4n) is 1.27. The molecule has 0 saturated carbocycles. The van der Waals surface area contributed by atoms with Gasteiger partial charge in [0.15, 0.2) is 0 Å². The van der Waals surface area contributed by atoms with Gasteiger partial charge in [0.05, 0.1) is 19.0 Å². The van der Waals surface area contributed by atoms with E-state index in [0.29, 0.717) is 6.42 Å². The second-order valence-corrected chi connectivity index (χ2v) is 3.46. The molecule has 15 heavy (non-hydrogen) atoms. The van der Waals surface area contributed by atoms with Crippen molar-refractivity contribution in [3.63, 3.8) is 0 Å². The molecule has 90 valence electrons. The van der Waals surface area contributed by atoms with E-state index in [2.05, 4.69) is 4.90 Å². The summed E-state index contributed by atoms with van der Waals surface area (Å²) in [4.78, 5) is 2.26. The van der Waals surface area contributed by atoms with E-state index in [-0.39, 0.29) is 5.84 Å². The van der Waals surface area contributed by atoms with Gasteiger partial charge >= 0.3 is 0 Å². The van der Waals surface area contributed by atoms with Crippen LogP contribution in [-0.4, -0.2) is 57.8 Å². The van der Waals surface area contributed by atoms with Gasteiger partial charge in [-0.1, -0.05) is 0 Å². The second-order valence-electron chi connectivity index (χ2n) is 3.46. The zero-order valence-electron chi connectivity index (χ0n) is 9.79. The van der Waals surface area contributed by atoms with Gasteiger partial charge in [-0.15, -0.1) is 0 Å². The minimum atomic E-state index is 0.258. The molecule has 0 rings (SSSR count). The third kappa shape index (κ3) is 9.65. The molecule has 5 nitrogen and oxygen atoms in total. The topological polar surface area (TPSA) is 71.6 Å². The van der Waals surface area contributed by atoms with Crippen molar-refractivity contribution in [1.82, 2.24) is 4.90 Å². The van der Waals surface area contributed by atoms with Crippen molar-refractivity contribution in [2.75, 3.05) is 47.1 Å². The third-order valence-corrected chi connectivity index (χ3v) is 2.14. The maximum absolute atomic E-state index is 7.12. The lowest BCUT2D eigenvalue weighted by Crippen LogP contribution is -2.32. The summed E-state index contributed by atoms with van der Waals surface area (Å²) in [6, 6.07) is 0. The van der Waals surface area contributed by atoms with Gasteiger partial charge in [-0.25, -0.2) is 0 Å². The van der Waals surface area contributed by atoms with Crippen LogP contribution in [0.3, 0.4) is 0 Å². The molecule has 0 aromatic carbocycles. The Hall–Kier alpha value is -0.650. The molecule has 0 bridgehead atoms. The number of ether oxygens (including phenoxy) is 2. The molecule has 0 aliphatic heterocycles. The molecule has 0 aromatic rings. The Labute approximate surface area is 92.0 Å². The minimum Gasteiger partial charge on any atom is -0.388 e. The van der Waals surface area contributed by atoms with Gasteiger partial charge in [0.2, 0.25) is 0 Å². The molecule has 0 aromatic heterocycles. The number of hydrogen-bond donors (Lipinski definition) is 2. The largest absolute Gasteiger partial charge is 0.388 e. The van der Waals surface area contributed by atoms with Crippen molar-refractivity contribution >= 4 is 5.84 Å². The number of methoxy groups -OCH3 is 2. The molecular formula is C10H23N3O2. The molecular weight excluding hydrogens is 194 g/mol. The number of nitrogens with zero attached hydrogens (tertiary/aromatic N) is 1. The summed E-state index contributed by atoms with van der Waals surface area (Å²) in [6.45, 7) is 4.19. The van der Waals surface area contributed by atoms with Crippen LogP contribution in [0.15, 0.2) is 0 Å². The molecule has 0 fully saturated rings. The molecule has 0 saturated heterocycles. The highest BCUT2D eigenvalue weighted by Gasteiger charge is 2.04. The predicted molar refractivity (Wildman–Crippen MR) is 61.3 cm³/mol. The molecule has 0 heterocycles. The Bertz CT molecular complexity index is 157. The first kappa shape index (κ1) is 14.3. The van der Waals surface area contributed by atoms with Crippen LogP contribution in [-0.2, 0) is 9.47 Å². The number of rotatable bonds is 10. The molecule has 3 N–H and O–H groups in total. The van der Waals surface area contributed by atoms with E-state index in [1.165, 1.54) is 0 Å². The highest BCUT2D eigenvalue weighted by Crippen LogP contribution is 1.95. The summed E-state index contributed by atoms with van der Waals surface area (Å²) in [5.74, 6) is 0.258. The maximum Gasteiger partial charge on any atom is 0.0905 e. The van der Waals surface area contributed by atoms with Crippen LogP contribution in [0.25, 0.3) is 0 Å². The van der Waals surface area contributed by atoms with Crippen LogP contribution in [0.5, 0.6) is 0 Å². The number of hydrogen-bond acceptors (Lipinski definition) is 4. The van der Waals surface area contributed by atoms with Crippen molar-refractivity contribution < 1.29 is 9.47 Å². The van der Waals surface area contributed by atoms with Crippen molar-refractivity contribution in [2.45, 2.75) is 12.8 Å². The van der Waals surface area contributed by atoms with E-state index in [1.54, 1.807) is 14.2 Å². The van der Waals surface area contributed by atoms with Gasteiger partial charge in [-0.05, 0) is 13.0 Å². The molecule has 0 aliphatic carbocycles. The molecule has 0 atom stereocenters. The van der Waals surface area contributed by atoms with Crippen LogP contribution < -0.4 is 5.73 Å². The highest BCUT2D eigenvalue weighted by atomic mass is 16.5. The van der Waals surface area contributed by atoms with E-state index < -0.39 is 0 Å². The first-order valence-corrected chi connectivity index (χ1v) is 5.23.